The zero-order chi connectivity index (χ0) is 10.8. The summed E-state index contributed by atoms with van der Waals surface area (Å²) in [5.74, 6) is -0.170. The van der Waals surface area contributed by atoms with E-state index in [4.69, 9.17) is 11.6 Å². The second-order valence-electron chi connectivity index (χ2n) is 3.57. The number of rotatable bonds is 1. The van der Waals surface area contributed by atoms with Crippen LogP contribution in [-0.4, -0.2) is 18.1 Å². The average Bonchev–Trinajstić information content (AvgIpc) is 2.16. The van der Waals surface area contributed by atoms with Crippen molar-refractivity contribution in [2.45, 2.75) is 12.8 Å². The Morgan fingerprint density at radius 2 is 2.07 bits per heavy atom. The molecule has 1 aliphatic heterocycles. The maximum atomic E-state index is 11.3. The molecule has 78 valence electrons. The third-order valence-electron chi connectivity index (χ3n) is 2.40. The summed E-state index contributed by atoms with van der Waals surface area (Å²) < 4.78 is 0. The van der Waals surface area contributed by atoms with Crippen LogP contribution in [0, 0.1) is 0 Å². The highest BCUT2D eigenvalue weighted by molar-refractivity contribution is 6.32. The SMILES string of the molecule is O=C1C=C(C2=C(Cl)C=CNC2)CC(=O)C1. The van der Waals surface area contributed by atoms with E-state index in [2.05, 4.69) is 5.32 Å². The van der Waals surface area contributed by atoms with E-state index in [1.807, 2.05) is 0 Å². The van der Waals surface area contributed by atoms with Crippen LogP contribution >= 0.6 is 11.6 Å². The minimum Gasteiger partial charge on any atom is -0.387 e. The van der Waals surface area contributed by atoms with Crippen molar-refractivity contribution >= 4 is 23.2 Å². The average molecular weight is 224 g/mol. The largest absolute Gasteiger partial charge is 0.387 e. The molecular formula is C11H10ClNO2. The molecule has 0 saturated carbocycles. The van der Waals surface area contributed by atoms with Crippen LogP contribution in [0.15, 0.2) is 34.5 Å². The lowest BCUT2D eigenvalue weighted by atomic mass is 9.91. The molecule has 0 aromatic heterocycles. The van der Waals surface area contributed by atoms with Crippen molar-refractivity contribution in [1.29, 1.82) is 0 Å². The van der Waals surface area contributed by atoms with Crippen molar-refractivity contribution in [2.24, 2.45) is 0 Å². The molecule has 2 rings (SSSR count). The van der Waals surface area contributed by atoms with E-state index in [-0.39, 0.29) is 18.0 Å². The second kappa shape index (κ2) is 4.03. The van der Waals surface area contributed by atoms with E-state index in [0.717, 1.165) is 11.1 Å². The normalized spacial score (nSPS) is 21.5. The number of ketones is 2. The van der Waals surface area contributed by atoms with Crippen molar-refractivity contribution in [2.75, 3.05) is 6.54 Å². The number of dihydropyridines is 1. The maximum Gasteiger partial charge on any atom is 0.163 e. The summed E-state index contributed by atoms with van der Waals surface area (Å²) in [5.41, 5.74) is 1.60. The zero-order valence-electron chi connectivity index (χ0n) is 8.05. The van der Waals surface area contributed by atoms with Crippen LogP contribution in [0.4, 0.5) is 0 Å². The van der Waals surface area contributed by atoms with Crippen LogP contribution in [0.3, 0.4) is 0 Å². The van der Waals surface area contributed by atoms with E-state index in [9.17, 15) is 9.59 Å². The van der Waals surface area contributed by atoms with Crippen LogP contribution in [0.5, 0.6) is 0 Å². The number of carbonyl (C=O) groups excluding carboxylic acids is 2. The lowest BCUT2D eigenvalue weighted by Crippen LogP contribution is -2.20. The van der Waals surface area contributed by atoms with Gasteiger partial charge in [-0.1, -0.05) is 11.6 Å². The van der Waals surface area contributed by atoms with Crippen LogP contribution in [-0.2, 0) is 9.59 Å². The van der Waals surface area contributed by atoms with Crippen LogP contribution < -0.4 is 5.32 Å². The highest BCUT2D eigenvalue weighted by Gasteiger charge is 2.21. The molecule has 1 N–H and O–H groups in total. The molecule has 15 heavy (non-hydrogen) atoms. The fourth-order valence-corrected chi connectivity index (χ4v) is 1.96. The summed E-state index contributed by atoms with van der Waals surface area (Å²) in [6, 6.07) is 0. The minimum absolute atomic E-state index is 0.0255. The molecule has 3 nitrogen and oxygen atoms in total. The smallest absolute Gasteiger partial charge is 0.163 e. The van der Waals surface area contributed by atoms with Gasteiger partial charge in [0.25, 0.3) is 0 Å². The lowest BCUT2D eigenvalue weighted by Gasteiger charge is -2.18. The Morgan fingerprint density at radius 1 is 1.27 bits per heavy atom. The van der Waals surface area contributed by atoms with Crippen molar-refractivity contribution in [1.82, 2.24) is 5.32 Å². The maximum absolute atomic E-state index is 11.3. The predicted molar refractivity (Wildman–Crippen MR) is 57.4 cm³/mol. The van der Waals surface area contributed by atoms with Gasteiger partial charge >= 0.3 is 0 Å². The lowest BCUT2D eigenvalue weighted by molar-refractivity contribution is -0.125. The summed E-state index contributed by atoms with van der Waals surface area (Å²) in [6.45, 7) is 0.571. The van der Waals surface area contributed by atoms with Crippen LogP contribution in [0.2, 0.25) is 0 Å². The first-order valence-electron chi connectivity index (χ1n) is 4.71. The number of halogens is 1. The van der Waals surface area contributed by atoms with E-state index < -0.39 is 0 Å². The van der Waals surface area contributed by atoms with Crippen molar-refractivity contribution in [3.05, 3.63) is 34.5 Å². The number of hydrogen-bond donors (Lipinski definition) is 1. The Bertz CT molecular complexity index is 418. The van der Waals surface area contributed by atoms with Crippen molar-refractivity contribution in [3.8, 4) is 0 Å². The molecule has 0 radical (unpaired) electrons. The standard InChI is InChI=1S/C11H10ClNO2/c12-11-1-2-13-6-10(11)7-3-8(14)5-9(15)4-7/h1-3,13H,4-6H2. The fraction of sp³-hybridized carbons (Fsp3) is 0.273. The van der Waals surface area contributed by atoms with Gasteiger partial charge in [0, 0.05) is 18.0 Å². The minimum atomic E-state index is -0.132. The number of nitrogens with one attached hydrogen (secondary N) is 1. The van der Waals surface area contributed by atoms with Gasteiger partial charge in [-0.25, -0.2) is 0 Å². The van der Waals surface area contributed by atoms with Gasteiger partial charge in [-0.2, -0.15) is 0 Å². The van der Waals surface area contributed by atoms with Gasteiger partial charge in [0.15, 0.2) is 5.78 Å². The second-order valence-corrected chi connectivity index (χ2v) is 3.98. The molecule has 2 aliphatic rings. The Hall–Kier alpha value is -1.35. The summed E-state index contributed by atoms with van der Waals surface area (Å²) in [4.78, 5) is 22.5. The first-order chi connectivity index (χ1) is 7.16. The van der Waals surface area contributed by atoms with Gasteiger partial charge in [0.2, 0.25) is 0 Å². The molecule has 0 aromatic carbocycles. The van der Waals surface area contributed by atoms with Crippen molar-refractivity contribution < 1.29 is 9.59 Å². The highest BCUT2D eigenvalue weighted by atomic mass is 35.5. The first kappa shape index (κ1) is 10.2. The molecule has 1 aliphatic carbocycles. The number of Topliss-reactive ketones (excluding diaryl/α,β-unsaturated/α-hetero) is 1. The van der Waals surface area contributed by atoms with Gasteiger partial charge in [-0.3, -0.25) is 9.59 Å². The van der Waals surface area contributed by atoms with E-state index in [1.165, 1.54) is 6.08 Å². The molecule has 0 amide bonds. The molecule has 0 fully saturated rings. The quantitative estimate of drug-likeness (QED) is 0.685. The van der Waals surface area contributed by atoms with Gasteiger partial charge in [-0.15, -0.1) is 0 Å². The molecule has 4 heteroatoms. The molecule has 0 spiro atoms. The molecule has 0 atom stereocenters. The Kier molecular flexibility index (Phi) is 2.73. The fourth-order valence-electron chi connectivity index (χ4n) is 1.70. The summed E-state index contributed by atoms with van der Waals surface area (Å²) in [6.07, 6.45) is 5.34. The highest BCUT2D eigenvalue weighted by Crippen LogP contribution is 2.26. The summed E-state index contributed by atoms with van der Waals surface area (Å²) in [5, 5.41) is 3.61. The van der Waals surface area contributed by atoms with E-state index in [1.54, 1.807) is 12.3 Å². The first-order valence-corrected chi connectivity index (χ1v) is 5.08. The van der Waals surface area contributed by atoms with Crippen molar-refractivity contribution in [3.63, 3.8) is 0 Å². The Morgan fingerprint density at radius 3 is 2.73 bits per heavy atom. The van der Waals surface area contributed by atoms with Gasteiger partial charge in [0.05, 0.1) is 6.42 Å². The predicted octanol–water partition coefficient (Wildman–Crippen LogP) is 1.45. The summed E-state index contributed by atoms with van der Waals surface area (Å²) >= 11 is 6.00. The number of allylic oxidation sites excluding steroid dienone is 3. The number of carbonyl (C=O) groups is 2. The Balaban J connectivity index is 2.34. The monoisotopic (exact) mass is 223 g/mol. The van der Waals surface area contributed by atoms with Gasteiger partial charge in [-0.05, 0) is 29.5 Å². The molecular weight excluding hydrogens is 214 g/mol. The van der Waals surface area contributed by atoms with E-state index in [0.29, 0.717) is 18.0 Å². The van der Waals surface area contributed by atoms with E-state index >= 15 is 0 Å². The molecule has 0 bridgehead atoms. The molecule has 1 heterocycles. The Labute approximate surface area is 92.5 Å². The molecule has 0 unspecified atom stereocenters. The topological polar surface area (TPSA) is 46.2 Å². The van der Waals surface area contributed by atoms with Crippen LogP contribution in [0.25, 0.3) is 0 Å². The van der Waals surface area contributed by atoms with Gasteiger partial charge in [0.1, 0.15) is 5.78 Å². The third kappa shape index (κ3) is 2.18. The third-order valence-corrected chi connectivity index (χ3v) is 2.75. The molecule has 0 aromatic rings. The summed E-state index contributed by atoms with van der Waals surface area (Å²) in [7, 11) is 0. The van der Waals surface area contributed by atoms with Gasteiger partial charge < -0.3 is 5.32 Å². The van der Waals surface area contributed by atoms with Crippen LogP contribution in [0.1, 0.15) is 12.8 Å². The number of hydrogen-bond acceptors (Lipinski definition) is 3. The molecule has 0 saturated heterocycles. The zero-order valence-corrected chi connectivity index (χ0v) is 8.80.